The Labute approximate surface area is 154 Å². The lowest BCUT2D eigenvalue weighted by Crippen LogP contribution is -2.03. The van der Waals surface area contributed by atoms with E-state index in [1.165, 1.54) is 16.5 Å². The minimum absolute atomic E-state index is 0.0864. The van der Waals surface area contributed by atoms with E-state index < -0.39 is 0 Å². The molecule has 0 amide bonds. The summed E-state index contributed by atoms with van der Waals surface area (Å²) >= 11 is 7.91. The first-order valence-electron chi connectivity index (χ1n) is 8.41. The second kappa shape index (κ2) is 5.42. The van der Waals surface area contributed by atoms with E-state index in [2.05, 4.69) is 36.4 Å². The molecule has 0 N–H and O–H groups in total. The standard InChI is InChI=1S/C22H15ClOS/c1-12-18(23)6-7-19-21(12)22(24)17-10-15-8-13-4-2-3-5-14(13)9-16(15)11-20(17)25-19/h3,5-11H,2,4H2,1H3. The zero-order chi connectivity index (χ0) is 17.1. The molecule has 0 atom stereocenters. The largest absolute Gasteiger partial charge is 0.288 e. The molecule has 0 aliphatic heterocycles. The van der Waals surface area contributed by atoms with Gasteiger partial charge in [0.2, 0.25) is 0 Å². The monoisotopic (exact) mass is 362 g/mol. The molecule has 0 bridgehead atoms. The number of allylic oxidation sites excluding steroid dienone is 1. The quantitative estimate of drug-likeness (QED) is 0.327. The van der Waals surface area contributed by atoms with E-state index >= 15 is 0 Å². The summed E-state index contributed by atoms with van der Waals surface area (Å²) in [5.41, 5.74) is 3.63. The molecule has 1 heterocycles. The van der Waals surface area contributed by atoms with E-state index in [1.54, 1.807) is 11.3 Å². The Morgan fingerprint density at radius 3 is 2.76 bits per heavy atom. The van der Waals surface area contributed by atoms with Gasteiger partial charge in [-0.25, -0.2) is 0 Å². The maximum atomic E-state index is 13.1. The lowest BCUT2D eigenvalue weighted by Gasteiger charge is -2.13. The first-order valence-corrected chi connectivity index (χ1v) is 9.60. The fourth-order valence-electron chi connectivity index (χ4n) is 3.76. The van der Waals surface area contributed by atoms with Gasteiger partial charge in [-0.2, -0.15) is 0 Å². The molecule has 122 valence electrons. The highest BCUT2D eigenvalue weighted by Gasteiger charge is 2.13. The van der Waals surface area contributed by atoms with Gasteiger partial charge in [-0.3, -0.25) is 4.79 Å². The molecular weight excluding hydrogens is 348 g/mol. The highest BCUT2D eigenvalue weighted by Crippen LogP contribution is 2.33. The van der Waals surface area contributed by atoms with Crippen LogP contribution >= 0.6 is 22.9 Å². The summed E-state index contributed by atoms with van der Waals surface area (Å²) in [6, 6.07) is 12.5. The predicted molar refractivity (Wildman–Crippen MR) is 110 cm³/mol. The summed E-state index contributed by atoms with van der Waals surface area (Å²) in [5.74, 6) is 0. The van der Waals surface area contributed by atoms with Gasteiger partial charge in [0.05, 0.1) is 0 Å². The van der Waals surface area contributed by atoms with Crippen molar-refractivity contribution in [2.45, 2.75) is 19.8 Å². The van der Waals surface area contributed by atoms with Crippen molar-refractivity contribution in [3.05, 3.63) is 74.4 Å². The molecule has 0 radical (unpaired) electrons. The summed E-state index contributed by atoms with van der Waals surface area (Å²) in [4.78, 5) is 13.1. The smallest absolute Gasteiger partial charge is 0.196 e. The van der Waals surface area contributed by atoms with E-state index in [4.69, 9.17) is 11.6 Å². The number of halogens is 1. The number of hydrogen-bond acceptors (Lipinski definition) is 2. The molecule has 1 aliphatic rings. The molecule has 3 heteroatoms. The first-order chi connectivity index (χ1) is 12.1. The molecule has 0 saturated heterocycles. The van der Waals surface area contributed by atoms with Gasteiger partial charge >= 0.3 is 0 Å². The van der Waals surface area contributed by atoms with Crippen molar-refractivity contribution >= 4 is 60.0 Å². The van der Waals surface area contributed by atoms with Crippen LogP contribution in [0, 0.1) is 6.92 Å². The molecule has 4 aromatic rings. The average Bonchev–Trinajstić information content (AvgIpc) is 2.62. The molecule has 1 aromatic heterocycles. The lowest BCUT2D eigenvalue weighted by molar-refractivity contribution is 0.989. The molecule has 3 aromatic carbocycles. The summed E-state index contributed by atoms with van der Waals surface area (Å²) in [7, 11) is 0. The Kier molecular flexibility index (Phi) is 3.28. The summed E-state index contributed by atoms with van der Waals surface area (Å²) in [6.07, 6.45) is 6.59. The molecule has 0 unspecified atom stereocenters. The summed E-state index contributed by atoms with van der Waals surface area (Å²) < 4.78 is 2.03. The Balaban J connectivity index is 1.93. The van der Waals surface area contributed by atoms with Crippen LogP contribution in [0.5, 0.6) is 0 Å². The van der Waals surface area contributed by atoms with Gasteiger partial charge in [0.25, 0.3) is 0 Å². The molecule has 25 heavy (non-hydrogen) atoms. The van der Waals surface area contributed by atoms with Crippen LogP contribution in [0.1, 0.15) is 23.1 Å². The highest BCUT2D eigenvalue weighted by molar-refractivity contribution is 7.24. The average molecular weight is 363 g/mol. The number of benzene rings is 3. The van der Waals surface area contributed by atoms with Crippen molar-refractivity contribution in [3.63, 3.8) is 0 Å². The van der Waals surface area contributed by atoms with Gasteiger partial charge in [0, 0.05) is 25.2 Å². The van der Waals surface area contributed by atoms with Crippen molar-refractivity contribution in [1.82, 2.24) is 0 Å². The van der Waals surface area contributed by atoms with E-state index in [1.807, 2.05) is 19.1 Å². The third-order valence-electron chi connectivity index (χ3n) is 5.13. The fourth-order valence-corrected chi connectivity index (χ4v) is 5.08. The summed E-state index contributed by atoms with van der Waals surface area (Å²) in [5, 5.41) is 4.54. The normalized spacial score (nSPS) is 13.7. The third kappa shape index (κ3) is 2.25. The van der Waals surface area contributed by atoms with Crippen molar-refractivity contribution < 1.29 is 0 Å². The van der Waals surface area contributed by atoms with Gasteiger partial charge in [0.1, 0.15) is 0 Å². The van der Waals surface area contributed by atoms with Crippen LogP contribution in [0.3, 0.4) is 0 Å². The van der Waals surface area contributed by atoms with Gasteiger partial charge in [0.15, 0.2) is 5.43 Å². The minimum Gasteiger partial charge on any atom is -0.288 e. The minimum atomic E-state index is 0.0864. The molecule has 0 saturated carbocycles. The van der Waals surface area contributed by atoms with Crippen LogP contribution in [0.4, 0.5) is 0 Å². The maximum absolute atomic E-state index is 13.1. The van der Waals surface area contributed by atoms with E-state index in [-0.39, 0.29) is 5.43 Å². The fraction of sp³-hybridized carbons (Fsp3) is 0.136. The second-order valence-corrected chi connectivity index (χ2v) is 8.16. The Bertz CT molecular complexity index is 1280. The van der Waals surface area contributed by atoms with Crippen molar-refractivity contribution in [2.24, 2.45) is 0 Å². The maximum Gasteiger partial charge on any atom is 0.196 e. The molecule has 0 spiro atoms. The van der Waals surface area contributed by atoms with Gasteiger partial charge in [-0.15, -0.1) is 11.3 Å². The highest BCUT2D eigenvalue weighted by atomic mass is 35.5. The molecule has 1 nitrogen and oxygen atoms in total. The van der Waals surface area contributed by atoms with E-state index in [0.717, 1.165) is 44.0 Å². The lowest BCUT2D eigenvalue weighted by atomic mass is 9.93. The Hall–Kier alpha value is -2.16. The van der Waals surface area contributed by atoms with Crippen LogP contribution in [-0.2, 0) is 6.42 Å². The SMILES string of the molecule is Cc1c(Cl)ccc2sc3cc4cc5c(cc4cc3c(=O)c12)CCC=C5. The molecule has 1 aliphatic carbocycles. The van der Waals surface area contributed by atoms with Crippen LogP contribution < -0.4 is 5.43 Å². The van der Waals surface area contributed by atoms with Gasteiger partial charge in [-0.1, -0.05) is 29.8 Å². The van der Waals surface area contributed by atoms with Gasteiger partial charge in [-0.05, 0) is 77.6 Å². The van der Waals surface area contributed by atoms with E-state index in [0.29, 0.717) is 5.02 Å². The predicted octanol–water partition coefficient (Wildman–Crippen LogP) is 6.49. The second-order valence-electron chi connectivity index (χ2n) is 6.66. The van der Waals surface area contributed by atoms with Gasteiger partial charge < -0.3 is 0 Å². The molecule has 0 fully saturated rings. The topological polar surface area (TPSA) is 17.1 Å². The number of rotatable bonds is 0. The van der Waals surface area contributed by atoms with Crippen molar-refractivity contribution in [3.8, 4) is 0 Å². The van der Waals surface area contributed by atoms with Crippen LogP contribution in [0.25, 0.3) is 37.0 Å². The Morgan fingerprint density at radius 1 is 1.04 bits per heavy atom. The number of aryl methyl sites for hydroxylation is 2. The van der Waals surface area contributed by atoms with Crippen LogP contribution in [-0.4, -0.2) is 0 Å². The third-order valence-corrected chi connectivity index (χ3v) is 6.65. The zero-order valence-electron chi connectivity index (χ0n) is 13.7. The van der Waals surface area contributed by atoms with Crippen LogP contribution in [0.2, 0.25) is 5.02 Å². The number of hydrogen-bond donors (Lipinski definition) is 0. The molecule has 5 rings (SSSR count). The Morgan fingerprint density at radius 2 is 1.88 bits per heavy atom. The van der Waals surface area contributed by atoms with Crippen molar-refractivity contribution in [2.75, 3.05) is 0 Å². The van der Waals surface area contributed by atoms with Crippen LogP contribution in [0.15, 0.2) is 47.3 Å². The zero-order valence-corrected chi connectivity index (χ0v) is 15.3. The van der Waals surface area contributed by atoms with Crippen molar-refractivity contribution in [1.29, 1.82) is 0 Å². The van der Waals surface area contributed by atoms with E-state index in [9.17, 15) is 4.79 Å². The molecular formula is C22H15ClOS. The summed E-state index contributed by atoms with van der Waals surface area (Å²) in [6.45, 7) is 1.92. The number of fused-ring (bicyclic) bond motifs is 4. The first kappa shape index (κ1) is 15.1.